The fraction of sp³-hybridized carbons (Fsp3) is 0.208. The van der Waals surface area contributed by atoms with Crippen molar-refractivity contribution >= 4 is 28.5 Å². The van der Waals surface area contributed by atoms with E-state index in [1.165, 1.54) is 4.90 Å². The first-order chi connectivity index (χ1) is 14.2. The van der Waals surface area contributed by atoms with Gasteiger partial charge in [-0.15, -0.1) is 11.8 Å². The van der Waals surface area contributed by atoms with Crippen LogP contribution in [0.2, 0.25) is 0 Å². The van der Waals surface area contributed by atoms with Gasteiger partial charge in [0.15, 0.2) is 0 Å². The van der Waals surface area contributed by atoms with Crippen LogP contribution < -0.4 is 10.1 Å². The molecule has 1 N–H and O–H groups in total. The van der Waals surface area contributed by atoms with Gasteiger partial charge in [0.25, 0.3) is 0 Å². The highest BCUT2D eigenvalue weighted by Crippen LogP contribution is 2.35. The van der Waals surface area contributed by atoms with E-state index >= 15 is 0 Å². The number of thioether (sulfide) groups is 1. The first-order valence-corrected chi connectivity index (χ1v) is 10.6. The van der Waals surface area contributed by atoms with E-state index in [1.807, 2.05) is 36.0 Å². The van der Waals surface area contributed by atoms with Crippen LogP contribution in [-0.2, 0) is 7.05 Å². The van der Waals surface area contributed by atoms with Gasteiger partial charge in [-0.1, -0.05) is 37.3 Å². The maximum absolute atomic E-state index is 5.29. The highest BCUT2D eigenvalue weighted by molar-refractivity contribution is 8.00. The Morgan fingerprint density at radius 3 is 2.31 bits per heavy atom. The second kappa shape index (κ2) is 8.62. The third-order valence-corrected chi connectivity index (χ3v) is 6.41. The average Bonchev–Trinajstić information content (AvgIpc) is 3.11. The Kier molecular flexibility index (Phi) is 5.76. The minimum absolute atomic E-state index is 0.112. The van der Waals surface area contributed by atoms with Crippen molar-refractivity contribution in [2.45, 2.75) is 23.1 Å². The maximum atomic E-state index is 5.29. The molecule has 4 rings (SSSR count). The summed E-state index contributed by atoms with van der Waals surface area (Å²) >= 11 is 1.82. The molecule has 0 saturated heterocycles. The van der Waals surface area contributed by atoms with Gasteiger partial charge in [0.1, 0.15) is 11.6 Å². The smallest absolute Gasteiger partial charge is 0.119 e. The molecule has 5 heteroatoms. The standard InChI is InChI=1S/C24H25N3OS/c1-17(23-26-21-11-7-8-12-22(21)27(23)2)24(29-20-9-5-4-6-10-20)25-18-13-15-19(28-3)16-14-18/h4-17,24-25H,1-3H3. The molecule has 0 aliphatic rings. The third-order valence-electron chi connectivity index (χ3n) is 5.09. The molecule has 0 bridgehead atoms. The minimum Gasteiger partial charge on any atom is -0.497 e. The Labute approximate surface area is 175 Å². The quantitative estimate of drug-likeness (QED) is 0.307. The number of nitrogens with one attached hydrogen (secondary N) is 1. The number of para-hydroxylation sites is 2. The number of methoxy groups -OCH3 is 1. The van der Waals surface area contributed by atoms with Crippen molar-refractivity contribution in [1.29, 1.82) is 0 Å². The first kappa shape index (κ1) is 19.4. The van der Waals surface area contributed by atoms with Crippen LogP contribution in [0, 0.1) is 0 Å². The van der Waals surface area contributed by atoms with Gasteiger partial charge >= 0.3 is 0 Å². The zero-order valence-electron chi connectivity index (χ0n) is 16.9. The van der Waals surface area contributed by atoms with Crippen LogP contribution in [0.4, 0.5) is 5.69 Å². The summed E-state index contributed by atoms with van der Waals surface area (Å²) in [6.07, 6.45) is 0. The van der Waals surface area contributed by atoms with Crippen LogP contribution in [0.5, 0.6) is 5.75 Å². The number of rotatable bonds is 7. The van der Waals surface area contributed by atoms with Crippen molar-refractivity contribution < 1.29 is 4.74 Å². The summed E-state index contributed by atoms with van der Waals surface area (Å²) in [7, 11) is 3.78. The zero-order chi connectivity index (χ0) is 20.2. The summed E-state index contributed by atoms with van der Waals surface area (Å²) in [5.74, 6) is 2.10. The Hall–Kier alpha value is -2.92. The van der Waals surface area contributed by atoms with Crippen LogP contribution in [0.15, 0.2) is 83.8 Å². The lowest BCUT2D eigenvalue weighted by Crippen LogP contribution is -2.24. The Bertz CT molecular complexity index is 1080. The van der Waals surface area contributed by atoms with Gasteiger partial charge in [-0.25, -0.2) is 4.98 Å². The van der Waals surface area contributed by atoms with E-state index in [9.17, 15) is 0 Å². The van der Waals surface area contributed by atoms with Crippen molar-refractivity contribution in [3.8, 4) is 5.75 Å². The van der Waals surface area contributed by atoms with E-state index in [0.29, 0.717) is 0 Å². The molecular weight excluding hydrogens is 378 g/mol. The molecule has 3 aromatic carbocycles. The molecule has 0 fully saturated rings. The normalized spacial score (nSPS) is 13.2. The van der Waals surface area contributed by atoms with Gasteiger partial charge in [0, 0.05) is 23.5 Å². The van der Waals surface area contributed by atoms with Crippen molar-refractivity contribution in [2.24, 2.45) is 7.05 Å². The van der Waals surface area contributed by atoms with Crippen LogP contribution in [-0.4, -0.2) is 22.0 Å². The van der Waals surface area contributed by atoms with Gasteiger partial charge in [0.2, 0.25) is 0 Å². The summed E-state index contributed by atoms with van der Waals surface area (Å²) in [6, 6.07) is 26.8. The van der Waals surface area contributed by atoms with E-state index in [-0.39, 0.29) is 11.3 Å². The van der Waals surface area contributed by atoms with Gasteiger partial charge in [-0.05, 0) is 48.5 Å². The van der Waals surface area contributed by atoms with Gasteiger partial charge < -0.3 is 14.6 Å². The van der Waals surface area contributed by atoms with Crippen LogP contribution in [0.25, 0.3) is 11.0 Å². The monoisotopic (exact) mass is 403 g/mol. The van der Waals surface area contributed by atoms with Crippen LogP contribution in [0.1, 0.15) is 18.7 Å². The predicted octanol–water partition coefficient (Wildman–Crippen LogP) is 5.92. The summed E-state index contributed by atoms with van der Waals surface area (Å²) in [4.78, 5) is 6.16. The molecule has 2 atom stereocenters. The maximum Gasteiger partial charge on any atom is 0.119 e. The SMILES string of the molecule is COc1ccc(NC(Sc2ccccc2)C(C)c2nc3ccccc3n2C)cc1. The summed E-state index contributed by atoms with van der Waals surface area (Å²) in [5, 5.41) is 3.82. The molecule has 0 aliphatic heterocycles. The number of hydrogen-bond acceptors (Lipinski definition) is 4. The van der Waals surface area contributed by atoms with E-state index in [1.54, 1.807) is 7.11 Å². The predicted molar refractivity (Wildman–Crippen MR) is 122 cm³/mol. The van der Waals surface area contributed by atoms with Crippen molar-refractivity contribution in [1.82, 2.24) is 9.55 Å². The number of fused-ring (bicyclic) bond motifs is 1. The molecule has 0 amide bonds. The Morgan fingerprint density at radius 1 is 0.931 bits per heavy atom. The molecule has 0 radical (unpaired) electrons. The van der Waals surface area contributed by atoms with E-state index < -0.39 is 0 Å². The summed E-state index contributed by atoms with van der Waals surface area (Å²) < 4.78 is 7.49. The summed E-state index contributed by atoms with van der Waals surface area (Å²) in [6.45, 7) is 2.23. The molecule has 4 nitrogen and oxygen atoms in total. The molecule has 29 heavy (non-hydrogen) atoms. The second-order valence-electron chi connectivity index (χ2n) is 7.03. The van der Waals surface area contributed by atoms with Crippen molar-refractivity contribution in [3.05, 3.63) is 84.7 Å². The molecule has 2 unspecified atom stereocenters. The number of imidazole rings is 1. The fourth-order valence-corrected chi connectivity index (χ4v) is 4.59. The minimum atomic E-state index is 0.112. The van der Waals surface area contributed by atoms with Gasteiger partial charge in [0.05, 0.1) is 23.5 Å². The highest BCUT2D eigenvalue weighted by atomic mass is 32.2. The van der Waals surface area contributed by atoms with Gasteiger partial charge in [-0.3, -0.25) is 0 Å². The van der Waals surface area contributed by atoms with Crippen LogP contribution >= 0.6 is 11.8 Å². The first-order valence-electron chi connectivity index (χ1n) is 9.69. The lowest BCUT2D eigenvalue weighted by molar-refractivity contribution is 0.415. The number of benzene rings is 3. The van der Waals surface area contributed by atoms with E-state index in [2.05, 4.69) is 78.5 Å². The molecule has 1 heterocycles. The second-order valence-corrected chi connectivity index (χ2v) is 8.25. The highest BCUT2D eigenvalue weighted by Gasteiger charge is 2.25. The Morgan fingerprint density at radius 2 is 1.62 bits per heavy atom. The molecule has 1 aromatic heterocycles. The topological polar surface area (TPSA) is 39.1 Å². The van der Waals surface area contributed by atoms with Gasteiger partial charge in [-0.2, -0.15) is 0 Å². The fourth-order valence-electron chi connectivity index (χ4n) is 3.46. The number of aryl methyl sites for hydroxylation is 1. The largest absolute Gasteiger partial charge is 0.497 e. The Balaban J connectivity index is 1.66. The molecule has 0 saturated carbocycles. The molecule has 0 aliphatic carbocycles. The number of hydrogen-bond donors (Lipinski definition) is 1. The number of nitrogens with zero attached hydrogens (tertiary/aromatic N) is 2. The zero-order valence-corrected chi connectivity index (χ0v) is 17.7. The number of anilines is 1. The lowest BCUT2D eigenvalue weighted by atomic mass is 10.1. The van der Waals surface area contributed by atoms with E-state index in [4.69, 9.17) is 9.72 Å². The number of aromatic nitrogens is 2. The van der Waals surface area contributed by atoms with Crippen molar-refractivity contribution in [3.63, 3.8) is 0 Å². The third kappa shape index (κ3) is 4.25. The molecule has 148 valence electrons. The van der Waals surface area contributed by atoms with Crippen LogP contribution in [0.3, 0.4) is 0 Å². The molecule has 4 aromatic rings. The van der Waals surface area contributed by atoms with E-state index in [0.717, 1.165) is 28.3 Å². The van der Waals surface area contributed by atoms with Crippen molar-refractivity contribution in [2.75, 3.05) is 12.4 Å². The average molecular weight is 404 g/mol. The molecule has 0 spiro atoms. The number of ether oxygens (including phenoxy) is 1. The summed E-state index contributed by atoms with van der Waals surface area (Å²) in [5.41, 5.74) is 3.25. The lowest BCUT2D eigenvalue weighted by Gasteiger charge is -2.26. The molecular formula is C24H25N3OS.